The van der Waals surface area contributed by atoms with Crippen molar-refractivity contribution >= 4 is 21.8 Å². The zero-order chi connectivity index (χ0) is 15.6. The largest absolute Gasteiger partial charge is 0.392 e. The number of nitrogens with one attached hydrogen (secondary N) is 1. The van der Waals surface area contributed by atoms with Gasteiger partial charge in [0.1, 0.15) is 5.82 Å². The van der Waals surface area contributed by atoms with Crippen molar-refractivity contribution < 1.29 is 17.9 Å². The summed E-state index contributed by atoms with van der Waals surface area (Å²) in [6.07, 6.45) is 4.74. The standard InChI is InChI=1S/C14H20FNO3S2/c1-9-11(15)6-10(8-17)7-14(9)21(18,19)16-12-4-3-5-13(12)20-2/h6-7,12-13,16-17H,3-5,8H2,1-2H3. The highest BCUT2D eigenvalue weighted by Gasteiger charge is 2.31. The van der Waals surface area contributed by atoms with E-state index < -0.39 is 22.4 Å². The molecule has 1 aliphatic rings. The molecule has 0 aliphatic heterocycles. The van der Waals surface area contributed by atoms with Crippen molar-refractivity contribution in [1.82, 2.24) is 4.72 Å². The van der Waals surface area contributed by atoms with Crippen molar-refractivity contribution in [1.29, 1.82) is 0 Å². The quantitative estimate of drug-likeness (QED) is 0.867. The van der Waals surface area contributed by atoms with E-state index in [9.17, 15) is 12.8 Å². The first kappa shape index (κ1) is 16.7. The molecule has 1 aromatic rings. The Morgan fingerprint density at radius 1 is 1.43 bits per heavy atom. The molecule has 1 aliphatic carbocycles. The molecule has 21 heavy (non-hydrogen) atoms. The Morgan fingerprint density at radius 2 is 2.14 bits per heavy atom. The Hall–Kier alpha value is -0.630. The normalized spacial score (nSPS) is 22.7. The molecule has 1 aromatic carbocycles. The van der Waals surface area contributed by atoms with Crippen LogP contribution in [0.4, 0.5) is 4.39 Å². The molecule has 0 aromatic heterocycles. The van der Waals surface area contributed by atoms with Gasteiger partial charge in [0.2, 0.25) is 10.0 Å². The van der Waals surface area contributed by atoms with Crippen molar-refractivity contribution in [2.45, 2.75) is 49.0 Å². The zero-order valence-electron chi connectivity index (χ0n) is 12.1. The fourth-order valence-corrected chi connectivity index (χ4v) is 5.32. The SMILES string of the molecule is CSC1CCCC1NS(=O)(=O)c1cc(CO)cc(F)c1C. The van der Waals surface area contributed by atoms with E-state index in [0.29, 0.717) is 0 Å². The third-order valence-electron chi connectivity index (χ3n) is 3.89. The summed E-state index contributed by atoms with van der Waals surface area (Å²) in [7, 11) is -3.79. The van der Waals surface area contributed by atoms with Crippen molar-refractivity contribution in [2.75, 3.05) is 6.26 Å². The molecule has 1 fully saturated rings. The highest BCUT2D eigenvalue weighted by atomic mass is 32.2. The second-order valence-corrected chi connectivity index (χ2v) is 8.05. The maximum absolute atomic E-state index is 13.8. The average Bonchev–Trinajstić information content (AvgIpc) is 2.87. The molecule has 0 amide bonds. The highest BCUT2D eigenvalue weighted by Crippen LogP contribution is 2.30. The van der Waals surface area contributed by atoms with Crippen molar-refractivity contribution in [3.05, 3.63) is 29.1 Å². The molecule has 0 heterocycles. The minimum Gasteiger partial charge on any atom is -0.392 e. The first-order valence-electron chi connectivity index (χ1n) is 6.84. The van der Waals surface area contributed by atoms with Crippen molar-refractivity contribution in [3.8, 4) is 0 Å². The highest BCUT2D eigenvalue weighted by molar-refractivity contribution is 7.99. The summed E-state index contributed by atoms with van der Waals surface area (Å²) in [5.74, 6) is -0.616. The monoisotopic (exact) mass is 333 g/mol. The van der Waals surface area contributed by atoms with Crippen LogP contribution in [0.25, 0.3) is 0 Å². The van der Waals surface area contributed by atoms with E-state index in [4.69, 9.17) is 5.11 Å². The van der Waals surface area contributed by atoms with Crippen LogP contribution in [0.15, 0.2) is 17.0 Å². The van der Waals surface area contributed by atoms with E-state index in [-0.39, 0.29) is 27.3 Å². The van der Waals surface area contributed by atoms with E-state index >= 15 is 0 Å². The van der Waals surface area contributed by atoms with Gasteiger partial charge < -0.3 is 5.11 Å². The summed E-state index contributed by atoms with van der Waals surface area (Å²) in [5, 5.41) is 9.38. The molecule has 4 nitrogen and oxygen atoms in total. The second kappa shape index (κ2) is 6.64. The van der Waals surface area contributed by atoms with Crippen molar-refractivity contribution in [2.24, 2.45) is 0 Å². The van der Waals surface area contributed by atoms with Crippen molar-refractivity contribution in [3.63, 3.8) is 0 Å². The molecule has 7 heteroatoms. The summed E-state index contributed by atoms with van der Waals surface area (Å²) in [4.78, 5) is -0.0849. The summed E-state index contributed by atoms with van der Waals surface area (Å²) in [6.45, 7) is 1.04. The van der Waals surface area contributed by atoms with Gasteiger partial charge >= 0.3 is 0 Å². The van der Waals surface area contributed by atoms with Crippen LogP contribution in [-0.4, -0.2) is 31.1 Å². The van der Waals surface area contributed by atoms with Crippen LogP contribution in [0.3, 0.4) is 0 Å². The predicted molar refractivity (Wildman–Crippen MR) is 82.3 cm³/mol. The van der Waals surface area contributed by atoms with Gasteiger partial charge in [0.15, 0.2) is 0 Å². The van der Waals surface area contributed by atoms with E-state index in [2.05, 4.69) is 4.72 Å². The minimum atomic E-state index is -3.79. The predicted octanol–water partition coefficient (Wildman–Crippen LogP) is 2.19. The topological polar surface area (TPSA) is 66.4 Å². The Bertz CT molecular complexity index is 619. The lowest BCUT2D eigenvalue weighted by atomic mass is 10.1. The Labute approximate surface area is 129 Å². The van der Waals surface area contributed by atoms with Gasteiger partial charge in [-0.3, -0.25) is 0 Å². The van der Waals surface area contributed by atoms with Crippen LogP contribution >= 0.6 is 11.8 Å². The molecule has 1 saturated carbocycles. The number of thioether (sulfide) groups is 1. The molecule has 0 radical (unpaired) electrons. The molecular weight excluding hydrogens is 313 g/mol. The van der Waals surface area contributed by atoms with E-state index in [1.165, 1.54) is 13.0 Å². The molecular formula is C14H20FNO3S2. The van der Waals surface area contributed by atoms with Crippen LogP contribution in [-0.2, 0) is 16.6 Å². The van der Waals surface area contributed by atoms with Gasteiger partial charge in [0.25, 0.3) is 0 Å². The lowest BCUT2D eigenvalue weighted by Crippen LogP contribution is -2.39. The molecule has 2 N–H and O–H groups in total. The minimum absolute atomic E-state index is 0.0819. The number of sulfonamides is 1. The van der Waals surface area contributed by atoms with Gasteiger partial charge in [0.05, 0.1) is 11.5 Å². The van der Waals surface area contributed by atoms with Crippen LogP contribution in [0, 0.1) is 12.7 Å². The fourth-order valence-electron chi connectivity index (χ4n) is 2.68. The smallest absolute Gasteiger partial charge is 0.241 e. The second-order valence-electron chi connectivity index (χ2n) is 5.29. The Balaban J connectivity index is 2.33. The van der Waals surface area contributed by atoms with Crippen LogP contribution in [0.2, 0.25) is 0 Å². The molecule has 0 bridgehead atoms. The van der Waals surface area contributed by atoms with Gasteiger partial charge in [-0.05, 0) is 43.7 Å². The maximum Gasteiger partial charge on any atom is 0.241 e. The molecule has 118 valence electrons. The maximum atomic E-state index is 13.8. The number of benzene rings is 1. The van der Waals surface area contributed by atoms with Gasteiger partial charge in [-0.1, -0.05) is 6.42 Å². The van der Waals surface area contributed by atoms with E-state index in [0.717, 1.165) is 25.3 Å². The zero-order valence-corrected chi connectivity index (χ0v) is 13.7. The number of aliphatic hydroxyl groups excluding tert-OH is 1. The lowest BCUT2D eigenvalue weighted by molar-refractivity contribution is 0.281. The van der Waals surface area contributed by atoms with Gasteiger partial charge in [-0.2, -0.15) is 11.8 Å². The van der Waals surface area contributed by atoms with Crippen LogP contribution < -0.4 is 4.72 Å². The van der Waals surface area contributed by atoms with Gasteiger partial charge in [0, 0.05) is 16.9 Å². The van der Waals surface area contributed by atoms with Crippen LogP contribution in [0.5, 0.6) is 0 Å². The summed E-state index contributed by atoms with van der Waals surface area (Å²) in [6, 6.07) is 2.38. The van der Waals surface area contributed by atoms with Gasteiger partial charge in [-0.25, -0.2) is 17.5 Å². The lowest BCUT2D eigenvalue weighted by Gasteiger charge is -2.20. The fraction of sp³-hybridized carbons (Fsp3) is 0.571. The first-order valence-corrected chi connectivity index (χ1v) is 9.61. The number of rotatable bonds is 5. The average molecular weight is 333 g/mol. The third kappa shape index (κ3) is 3.59. The summed E-state index contributed by atoms with van der Waals surface area (Å²) < 4.78 is 41.5. The summed E-state index contributed by atoms with van der Waals surface area (Å²) >= 11 is 1.65. The third-order valence-corrected chi connectivity index (χ3v) is 6.68. The number of hydrogen-bond donors (Lipinski definition) is 2. The Morgan fingerprint density at radius 3 is 2.76 bits per heavy atom. The number of halogens is 1. The number of aliphatic hydroxyl groups is 1. The summed E-state index contributed by atoms with van der Waals surface area (Å²) in [5.41, 5.74) is 0.338. The number of hydrogen-bond acceptors (Lipinski definition) is 4. The molecule has 0 saturated heterocycles. The molecule has 2 atom stereocenters. The van der Waals surface area contributed by atoms with E-state index in [1.54, 1.807) is 11.8 Å². The van der Waals surface area contributed by atoms with Gasteiger partial charge in [-0.15, -0.1) is 0 Å². The Kier molecular flexibility index (Phi) is 5.29. The molecule has 0 spiro atoms. The first-order chi connectivity index (χ1) is 9.89. The molecule has 2 rings (SSSR count). The molecule has 2 unspecified atom stereocenters. The van der Waals surface area contributed by atoms with E-state index in [1.807, 2.05) is 6.26 Å². The van der Waals surface area contributed by atoms with Crippen LogP contribution in [0.1, 0.15) is 30.4 Å².